The number of para-hydroxylation sites is 1. The average Bonchev–Trinajstić information content (AvgIpc) is 3.20. The molecule has 5 rings (SSSR count). The monoisotopic (exact) mass is 393 g/mol. The first-order valence-electron chi connectivity index (χ1n) is 10.4. The number of nitrogens with one attached hydrogen (secondary N) is 1. The van der Waals surface area contributed by atoms with Gasteiger partial charge in [-0.25, -0.2) is 4.79 Å². The summed E-state index contributed by atoms with van der Waals surface area (Å²) in [5.41, 5.74) is 3.43. The van der Waals surface area contributed by atoms with Crippen molar-refractivity contribution >= 4 is 22.8 Å². The SMILES string of the molecule is Cn1nc(C2CCCOC2)cc1NC(=O)N1CCCn2c(cc3ccccc32)C1. The largest absolute Gasteiger partial charge is 0.381 e. The molecule has 3 aromatic rings. The lowest BCUT2D eigenvalue weighted by Crippen LogP contribution is -2.35. The summed E-state index contributed by atoms with van der Waals surface area (Å²) in [6.07, 6.45) is 3.08. The van der Waals surface area contributed by atoms with E-state index in [1.807, 2.05) is 18.0 Å². The first-order valence-corrected chi connectivity index (χ1v) is 10.4. The molecule has 1 unspecified atom stereocenters. The molecule has 1 N–H and O–H groups in total. The van der Waals surface area contributed by atoms with Gasteiger partial charge in [-0.15, -0.1) is 0 Å². The summed E-state index contributed by atoms with van der Waals surface area (Å²) in [5, 5.41) is 8.92. The second-order valence-electron chi connectivity index (χ2n) is 8.04. The second kappa shape index (κ2) is 7.55. The molecule has 0 aliphatic carbocycles. The van der Waals surface area contributed by atoms with E-state index < -0.39 is 0 Å². The maximum Gasteiger partial charge on any atom is 0.323 e. The van der Waals surface area contributed by atoms with E-state index in [1.165, 1.54) is 16.6 Å². The van der Waals surface area contributed by atoms with Crippen LogP contribution >= 0.6 is 0 Å². The number of benzene rings is 1. The van der Waals surface area contributed by atoms with E-state index in [-0.39, 0.29) is 6.03 Å². The third kappa shape index (κ3) is 3.51. The van der Waals surface area contributed by atoms with E-state index in [0.29, 0.717) is 19.1 Å². The van der Waals surface area contributed by atoms with E-state index in [2.05, 4.69) is 45.3 Å². The molecule has 0 spiro atoms. The van der Waals surface area contributed by atoms with Crippen LogP contribution in [0.2, 0.25) is 0 Å². The van der Waals surface area contributed by atoms with Crippen molar-refractivity contribution < 1.29 is 9.53 Å². The Bertz CT molecular complexity index is 1030. The number of hydrogen-bond donors (Lipinski definition) is 1. The molecule has 4 heterocycles. The molecular weight excluding hydrogens is 366 g/mol. The molecule has 2 aromatic heterocycles. The molecule has 0 saturated carbocycles. The summed E-state index contributed by atoms with van der Waals surface area (Å²) in [4.78, 5) is 14.9. The highest BCUT2D eigenvalue weighted by atomic mass is 16.5. The summed E-state index contributed by atoms with van der Waals surface area (Å²) in [6.45, 7) is 3.83. The molecule has 2 aliphatic heterocycles. The average molecular weight is 393 g/mol. The topological polar surface area (TPSA) is 64.3 Å². The lowest BCUT2D eigenvalue weighted by molar-refractivity contribution is 0.0791. The lowest BCUT2D eigenvalue weighted by Gasteiger charge is -2.20. The molecule has 1 aromatic carbocycles. The van der Waals surface area contributed by atoms with Gasteiger partial charge in [-0.1, -0.05) is 18.2 Å². The van der Waals surface area contributed by atoms with Crippen LogP contribution in [0.25, 0.3) is 10.9 Å². The minimum Gasteiger partial charge on any atom is -0.381 e. The molecule has 1 atom stereocenters. The van der Waals surface area contributed by atoms with Crippen molar-refractivity contribution in [3.8, 4) is 0 Å². The van der Waals surface area contributed by atoms with Crippen LogP contribution in [0.5, 0.6) is 0 Å². The third-order valence-corrected chi connectivity index (χ3v) is 6.06. The minimum absolute atomic E-state index is 0.0712. The maximum atomic E-state index is 13.0. The fourth-order valence-electron chi connectivity index (χ4n) is 4.50. The number of rotatable bonds is 2. The van der Waals surface area contributed by atoms with Gasteiger partial charge in [0.2, 0.25) is 0 Å². The zero-order valence-electron chi connectivity index (χ0n) is 16.8. The quantitative estimate of drug-likeness (QED) is 0.722. The summed E-state index contributed by atoms with van der Waals surface area (Å²) in [5.74, 6) is 1.05. The van der Waals surface area contributed by atoms with Gasteiger partial charge in [0.15, 0.2) is 0 Å². The Labute approximate surface area is 170 Å². The van der Waals surface area contributed by atoms with Crippen LogP contribution in [0.4, 0.5) is 10.6 Å². The van der Waals surface area contributed by atoms with Crippen LogP contribution in [0.3, 0.4) is 0 Å². The fourth-order valence-corrected chi connectivity index (χ4v) is 4.50. The Kier molecular flexibility index (Phi) is 4.75. The van der Waals surface area contributed by atoms with Gasteiger partial charge in [-0.2, -0.15) is 5.10 Å². The maximum absolute atomic E-state index is 13.0. The number of nitrogens with zero attached hydrogens (tertiary/aromatic N) is 4. The Morgan fingerprint density at radius 3 is 2.97 bits per heavy atom. The van der Waals surface area contributed by atoms with Gasteiger partial charge in [0.05, 0.1) is 18.8 Å². The zero-order valence-corrected chi connectivity index (χ0v) is 16.8. The van der Waals surface area contributed by atoms with E-state index in [4.69, 9.17) is 4.74 Å². The number of hydrogen-bond acceptors (Lipinski definition) is 3. The number of fused-ring (bicyclic) bond motifs is 3. The Balaban J connectivity index is 1.32. The van der Waals surface area contributed by atoms with Crippen LogP contribution in [-0.2, 0) is 24.9 Å². The highest BCUT2D eigenvalue weighted by molar-refractivity contribution is 5.89. The van der Waals surface area contributed by atoms with Gasteiger partial charge >= 0.3 is 6.03 Å². The van der Waals surface area contributed by atoms with Gasteiger partial charge in [-0.05, 0) is 36.8 Å². The number of ether oxygens (including phenoxy) is 1. The van der Waals surface area contributed by atoms with Gasteiger partial charge in [0, 0.05) is 49.9 Å². The summed E-state index contributed by atoms with van der Waals surface area (Å²) >= 11 is 0. The summed E-state index contributed by atoms with van der Waals surface area (Å²) < 4.78 is 9.69. The Morgan fingerprint density at radius 2 is 2.10 bits per heavy atom. The van der Waals surface area contributed by atoms with Gasteiger partial charge < -0.3 is 14.2 Å². The van der Waals surface area contributed by atoms with Crippen LogP contribution in [0.1, 0.15) is 36.6 Å². The first-order chi connectivity index (χ1) is 14.2. The Morgan fingerprint density at radius 1 is 1.21 bits per heavy atom. The number of aromatic nitrogens is 3. The molecule has 2 aliphatic rings. The standard InChI is InChI=1S/C22H27N5O2/c1-25-21(13-19(24-25)17-7-4-11-29-15-17)23-22(28)26-9-5-10-27-18(14-26)12-16-6-2-3-8-20(16)27/h2-3,6,8,12-13,17H,4-5,7,9-11,14-15H2,1H3,(H,23,28). The normalized spacial score (nSPS) is 19.8. The molecule has 0 bridgehead atoms. The van der Waals surface area contributed by atoms with Crippen molar-refractivity contribution in [2.75, 3.05) is 25.1 Å². The molecule has 7 heteroatoms. The van der Waals surface area contributed by atoms with Crippen molar-refractivity contribution in [1.29, 1.82) is 0 Å². The molecule has 7 nitrogen and oxygen atoms in total. The summed E-state index contributed by atoms with van der Waals surface area (Å²) in [6, 6.07) is 12.5. The van der Waals surface area contributed by atoms with Crippen LogP contribution in [0.15, 0.2) is 36.4 Å². The highest BCUT2D eigenvalue weighted by Crippen LogP contribution is 2.27. The first kappa shape index (κ1) is 18.2. The number of carbonyl (C=O) groups excluding carboxylic acids is 1. The van der Waals surface area contributed by atoms with Crippen LogP contribution in [-0.4, -0.2) is 45.0 Å². The van der Waals surface area contributed by atoms with E-state index in [1.54, 1.807) is 4.68 Å². The number of anilines is 1. The molecule has 29 heavy (non-hydrogen) atoms. The number of urea groups is 1. The predicted molar refractivity (Wildman–Crippen MR) is 112 cm³/mol. The highest BCUT2D eigenvalue weighted by Gasteiger charge is 2.23. The number of amides is 2. The lowest BCUT2D eigenvalue weighted by atomic mass is 9.99. The van der Waals surface area contributed by atoms with E-state index in [9.17, 15) is 4.79 Å². The molecule has 0 radical (unpaired) electrons. The minimum atomic E-state index is -0.0712. The van der Waals surface area contributed by atoms with Crippen LogP contribution in [0, 0.1) is 0 Å². The second-order valence-corrected chi connectivity index (χ2v) is 8.04. The van der Waals surface area contributed by atoms with E-state index >= 15 is 0 Å². The van der Waals surface area contributed by atoms with E-state index in [0.717, 1.165) is 50.5 Å². The van der Waals surface area contributed by atoms with Crippen molar-refractivity contribution in [2.45, 2.75) is 38.3 Å². The smallest absolute Gasteiger partial charge is 0.323 e. The third-order valence-electron chi connectivity index (χ3n) is 6.06. The van der Waals surface area contributed by atoms with Gasteiger partial charge in [0.1, 0.15) is 5.82 Å². The predicted octanol–water partition coefficient (Wildman–Crippen LogP) is 3.71. The van der Waals surface area contributed by atoms with Crippen molar-refractivity contribution in [1.82, 2.24) is 19.2 Å². The number of aryl methyl sites for hydroxylation is 2. The molecule has 152 valence electrons. The molecule has 1 saturated heterocycles. The molecule has 2 amide bonds. The van der Waals surface area contributed by atoms with Gasteiger partial charge in [-0.3, -0.25) is 10.00 Å². The van der Waals surface area contributed by atoms with Crippen molar-refractivity contribution in [3.05, 3.63) is 47.8 Å². The van der Waals surface area contributed by atoms with Gasteiger partial charge in [0.25, 0.3) is 0 Å². The molecule has 1 fully saturated rings. The zero-order chi connectivity index (χ0) is 19.8. The molecular formula is C22H27N5O2. The number of carbonyl (C=O) groups is 1. The van der Waals surface area contributed by atoms with Crippen molar-refractivity contribution in [2.24, 2.45) is 7.05 Å². The summed E-state index contributed by atoms with van der Waals surface area (Å²) in [7, 11) is 1.88. The van der Waals surface area contributed by atoms with Crippen molar-refractivity contribution in [3.63, 3.8) is 0 Å². The fraction of sp³-hybridized carbons (Fsp3) is 0.455. The Hall–Kier alpha value is -2.80. The van der Waals surface area contributed by atoms with Crippen LogP contribution < -0.4 is 5.32 Å².